The second kappa shape index (κ2) is 31.8. The van der Waals surface area contributed by atoms with Gasteiger partial charge in [0.2, 0.25) is 0 Å². The fourth-order valence-electron chi connectivity index (χ4n) is 6.80. The summed E-state index contributed by atoms with van der Waals surface area (Å²) in [7, 11) is -1.67. The molecule has 0 bridgehead atoms. The summed E-state index contributed by atoms with van der Waals surface area (Å²) in [6.45, 7) is 0. The number of nitrogens with zero attached hydrogens (tertiary/aromatic N) is 2. The van der Waals surface area contributed by atoms with E-state index < -0.39 is 39.1 Å². The van der Waals surface area contributed by atoms with Crippen molar-refractivity contribution in [2.75, 3.05) is 0 Å². The minimum absolute atomic E-state index is 0. The molecule has 10 aromatic rings. The van der Waals surface area contributed by atoms with Crippen molar-refractivity contribution in [2.45, 2.75) is 0 Å². The first-order valence-corrected chi connectivity index (χ1v) is 23.4. The Labute approximate surface area is 446 Å². The number of rotatable bonds is 8. The van der Waals surface area contributed by atoms with E-state index >= 15 is 0 Å². The van der Waals surface area contributed by atoms with Crippen LogP contribution in [-0.2, 0) is 59.2 Å². The molecule has 0 saturated carbocycles. The van der Waals surface area contributed by atoms with E-state index in [4.69, 9.17) is 0 Å². The molecular weight excluding hydrogens is 1310 g/mol. The average Bonchev–Trinajstić information content (AvgIpc) is 4.08. The molecule has 0 spiro atoms. The molecule has 0 unspecified atom stereocenters. The third-order valence-corrected chi connectivity index (χ3v) is 15.2. The van der Waals surface area contributed by atoms with E-state index in [1.54, 1.807) is 48.8 Å². The number of aromatic nitrogens is 2. The van der Waals surface area contributed by atoms with Gasteiger partial charge >= 0.3 is 59.2 Å². The Morgan fingerprint density at radius 2 is 0.696 bits per heavy atom. The van der Waals surface area contributed by atoms with Crippen LogP contribution in [-0.4, -0.2) is 9.97 Å². The van der Waals surface area contributed by atoms with Gasteiger partial charge in [-0.3, -0.25) is 17.6 Å². The molecule has 0 amide bonds. The molecule has 11 heteroatoms. The monoisotopic (exact) mass is 1360 g/mol. The van der Waals surface area contributed by atoms with Gasteiger partial charge in [-0.2, -0.15) is 24.3 Å². The zero-order valence-electron chi connectivity index (χ0n) is 37.5. The van der Waals surface area contributed by atoms with Crippen LogP contribution in [0, 0.1) is 50.3 Å². The number of hydrogen-bond acceptors (Lipinski definition) is 2. The first kappa shape index (κ1) is 59.9. The van der Waals surface area contributed by atoms with E-state index in [1.807, 2.05) is 0 Å². The SMILES string of the molecule is Fc1c[c-]c(-c2ccccn2)c(F)c1.Fc1c[c-]c(-c2ccccn2)c(F)c1.[CH3-].[CH3-].[Fe+2].[Pt+2].[Pt+2].c1ccc([PH+](c2ccccc2)c2ccc[cH-]2)cc1.c1ccc([PH+](c2ccccc2)c2ccc[cH-]2)cc1. The predicted molar refractivity (Wildman–Crippen MR) is 274 cm³/mol. The summed E-state index contributed by atoms with van der Waals surface area (Å²) in [4.78, 5) is 7.89. The van der Waals surface area contributed by atoms with Crippen molar-refractivity contribution < 1.29 is 76.8 Å². The van der Waals surface area contributed by atoms with E-state index in [-0.39, 0.29) is 85.2 Å². The normalized spacial score (nSPS) is 9.71. The Hall–Kier alpha value is -5.20. The molecular formula is C58H48F4FeN2P2Pt2+2. The summed E-state index contributed by atoms with van der Waals surface area (Å²) in [5.74, 6) is -2.57. The van der Waals surface area contributed by atoms with Crippen LogP contribution in [0.1, 0.15) is 0 Å². The smallest absolute Gasteiger partial charge is 0.358 e. The van der Waals surface area contributed by atoms with Crippen LogP contribution in [0.15, 0.2) is 243 Å². The quantitative estimate of drug-likeness (QED) is 0.0656. The molecule has 8 aromatic carbocycles. The fourth-order valence-corrected chi connectivity index (χ4v) is 12.0. The zero-order chi connectivity index (χ0) is 44.4. The maximum atomic E-state index is 13.2. The molecule has 0 aliphatic heterocycles. The van der Waals surface area contributed by atoms with E-state index in [9.17, 15) is 17.6 Å². The molecule has 0 fully saturated rings. The van der Waals surface area contributed by atoms with Gasteiger partial charge in [0.15, 0.2) is 0 Å². The number of pyridine rings is 2. The zero-order valence-corrected chi connectivity index (χ0v) is 45.1. The summed E-state index contributed by atoms with van der Waals surface area (Å²) < 4.78 is 51.6. The van der Waals surface area contributed by atoms with Crippen molar-refractivity contribution in [1.82, 2.24) is 9.97 Å². The topological polar surface area (TPSA) is 25.8 Å². The molecule has 0 aliphatic rings. The van der Waals surface area contributed by atoms with Gasteiger partial charge in [-0.1, -0.05) is 120 Å². The molecule has 0 aliphatic carbocycles. The van der Waals surface area contributed by atoms with Crippen molar-refractivity contribution in [1.29, 1.82) is 0 Å². The van der Waals surface area contributed by atoms with Crippen LogP contribution in [0.25, 0.3) is 22.5 Å². The summed E-state index contributed by atoms with van der Waals surface area (Å²) in [6.07, 6.45) is 3.10. The molecule has 0 atom stereocenters. The molecule has 2 heterocycles. The average molecular weight is 1360 g/mol. The van der Waals surface area contributed by atoms with Crippen LogP contribution in [0.2, 0.25) is 0 Å². The molecule has 2 aromatic heterocycles. The van der Waals surface area contributed by atoms with Gasteiger partial charge in [-0.05, 0) is 82.7 Å². The Morgan fingerprint density at radius 3 is 0.942 bits per heavy atom. The Kier molecular flexibility index (Phi) is 27.6. The van der Waals surface area contributed by atoms with E-state index in [0.717, 1.165) is 24.3 Å². The van der Waals surface area contributed by atoms with Crippen LogP contribution < -0.4 is 31.8 Å². The van der Waals surface area contributed by atoms with E-state index in [0.29, 0.717) is 11.4 Å². The Balaban J connectivity index is 0.000000310. The van der Waals surface area contributed by atoms with Gasteiger partial charge in [0.25, 0.3) is 0 Å². The summed E-state index contributed by atoms with van der Waals surface area (Å²) >= 11 is 0. The molecule has 10 rings (SSSR count). The summed E-state index contributed by atoms with van der Waals surface area (Å²) in [5, 5.41) is 8.69. The van der Waals surface area contributed by atoms with Crippen molar-refractivity contribution in [3.8, 4) is 22.5 Å². The second-order valence-corrected chi connectivity index (χ2v) is 19.0. The third-order valence-electron chi connectivity index (χ3n) is 9.71. The standard InChI is InChI=1S/2C17H14P.2C11H6F2N.2CH3.Fe.2Pt/c2*1-3-9-15(10-4-1)18(17-13-7-8-14-17)16-11-5-2-6-12-16;2*12-8-4-5-9(10(13)7-8)11-3-1-2-6-14-11;;;;;/h2*1-14H;2*1-4,6-7H;2*1H3;;;/q6*-1;3*+2/p+2. The van der Waals surface area contributed by atoms with Gasteiger partial charge < -0.3 is 24.8 Å². The van der Waals surface area contributed by atoms with Gasteiger partial charge in [0.1, 0.15) is 0 Å². The first-order chi connectivity index (χ1) is 31.4. The van der Waals surface area contributed by atoms with Crippen LogP contribution in [0.3, 0.4) is 0 Å². The minimum atomic E-state index is -0.834. The maximum Gasteiger partial charge on any atom is 2.00 e. The molecule has 0 N–H and O–H groups in total. The Morgan fingerprint density at radius 1 is 0.391 bits per heavy atom. The van der Waals surface area contributed by atoms with Crippen molar-refractivity contribution in [3.05, 3.63) is 293 Å². The van der Waals surface area contributed by atoms with Gasteiger partial charge in [-0.25, -0.2) is 12.1 Å². The maximum absolute atomic E-state index is 13.2. The molecule has 0 radical (unpaired) electrons. The van der Waals surface area contributed by atoms with Crippen LogP contribution in [0.4, 0.5) is 17.6 Å². The largest absolute Gasteiger partial charge is 2.00 e. The third kappa shape index (κ3) is 17.6. The number of halogens is 4. The second-order valence-electron chi connectivity index (χ2n) is 14.1. The predicted octanol–water partition coefficient (Wildman–Crippen LogP) is 12.3. The molecule has 2 nitrogen and oxygen atoms in total. The fraction of sp³-hybridized carbons (Fsp3) is 0. The van der Waals surface area contributed by atoms with Crippen LogP contribution in [0.5, 0.6) is 0 Å². The van der Waals surface area contributed by atoms with E-state index in [2.05, 4.69) is 192 Å². The van der Waals surface area contributed by atoms with E-state index in [1.165, 1.54) is 31.8 Å². The Bertz CT molecular complexity index is 2590. The number of benzene rings is 6. The number of hydrogen-bond donors (Lipinski definition) is 0. The van der Waals surface area contributed by atoms with Gasteiger partial charge in [0.05, 0.1) is 37.1 Å². The van der Waals surface area contributed by atoms with Crippen molar-refractivity contribution in [3.63, 3.8) is 0 Å². The molecule has 354 valence electrons. The van der Waals surface area contributed by atoms with Crippen molar-refractivity contribution >= 4 is 47.7 Å². The molecule has 69 heavy (non-hydrogen) atoms. The van der Waals surface area contributed by atoms with Gasteiger partial charge in [0, 0.05) is 35.7 Å². The minimum Gasteiger partial charge on any atom is -0.358 e. The summed E-state index contributed by atoms with van der Waals surface area (Å²) in [5.41, 5.74) is 1.27. The van der Waals surface area contributed by atoms with Crippen molar-refractivity contribution in [2.24, 2.45) is 0 Å². The summed E-state index contributed by atoms with van der Waals surface area (Å²) in [6, 6.07) is 79.9. The molecule has 0 saturated heterocycles. The van der Waals surface area contributed by atoms with Gasteiger partial charge in [-0.15, -0.1) is 36.4 Å². The first-order valence-electron chi connectivity index (χ1n) is 20.4. The van der Waals surface area contributed by atoms with Crippen LogP contribution >= 0.6 is 15.8 Å².